The highest BCUT2D eigenvalue weighted by Gasteiger charge is 2.21. The van der Waals surface area contributed by atoms with Gasteiger partial charge >= 0.3 is 0 Å². The maximum Gasteiger partial charge on any atom is 0.227 e. The van der Waals surface area contributed by atoms with Gasteiger partial charge in [-0.2, -0.15) is 0 Å². The molecule has 0 unspecified atom stereocenters. The van der Waals surface area contributed by atoms with Crippen molar-refractivity contribution in [3.05, 3.63) is 29.3 Å². The Labute approximate surface area is 99.2 Å². The third-order valence-electron chi connectivity index (χ3n) is 3.01. The van der Waals surface area contributed by atoms with Crippen molar-refractivity contribution in [1.29, 1.82) is 0 Å². The van der Waals surface area contributed by atoms with Crippen molar-refractivity contribution in [2.24, 2.45) is 0 Å². The van der Waals surface area contributed by atoms with Gasteiger partial charge in [-0.3, -0.25) is 9.59 Å². The second-order valence-electron chi connectivity index (χ2n) is 4.09. The number of fused-ring (bicyclic) bond motifs is 1. The third kappa shape index (κ3) is 2.11. The first kappa shape index (κ1) is 11.5. The summed E-state index contributed by atoms with van der Waals surface area (Å²) in [4.78, 5) is 35.0. The van der Waals surface area contributed by atoms with Crippen LogP contribution in [-0.2, 0) is 16.0 Å². The molecule has 1 amide bonds. The van der Waals surface area contributed by atoms with Crippen LogP contribution in [0.5, 0.6) is 0 Å². The summed E-state index contributed by atoms with van der Waals surface area (Å²) in [5.41, 5.74) is 2.38. The van der Waals surface area contributed by atoms with Gasteiger partial charge in [0.15, 0.2) is 5.78 Å². The van der Waals surface area contributed by atoms with Gasteiger partial charge in [0.1, 0.15) is 6.29 Å². The first-order chi connectivity index (χ1) is 8.13. The second-order valence-corrected chi connectivity index (χ2v) is 4.09. The molecule has 88 valence electrons. The molecule has 1 aliphatic rings. The number of aryl methyl sites for hydroxylation is 1. The first-order valence-corrected chi connectivity index (χ1v) is 5.50. The number of rotatable bonds is 3. The highest BCUT2D eigenvalue weighted by Crippen LogP contribution is 2.27. The van der Waals surface area contributed by atoms with Crippen molar-refractivity contribution >= 4 is 23.7 Å². The van der Waals surface area contributed by atoms with Crippen LogP contribution in [0.2, 0.25) is 0 Å². The molecular formula is C13H13NO3. The van der Waals surface area contributed by atoms with Gasteiger partial charge in [-0.1, -0.05) is 0 Å². The zero-order valence-electron chi connectivity index (χ0n) is 9.60. The van der Waals surface area contributed by atoms with Gasteiger partial charge in [0.25, 0.3) is 0 Å². The smallest absolute Gasteiger partial charge is 0.227 e. The average Bonchev–Trinajstić information content (AvgIpc) is 2.34. The monoisotopic (exact) mass is 231 g/mol. The average molecular weight is 231 g/mol. The molecule has 17 heavy (non-hydrogen) atoms. The molecule has 1 aromatic rings. The maximum absolute atomic E-state index is 11.6. The highest BCUT2D eigenvalue weighted by molar-refractivity contribution is 6.04. The van der Waals surface area contributed by atoms with Crippen molar-refractivity contribution in [2.75, 3.05) is 11.9 Å². The van der Waals surface area contributed by atoms with E-state index in [2.05, 4.69) is 0 Å². The number of aldehydes is 1. The molecule has 4 nitrogen and oxygen atoms in total. The summed E-state index contributed by atoms with van der Waals surface area (Å²) in [7, 11) is 1.73. The minimum atomic E-state index is -0.178. The Balaban J connectivity index is 2.35. The minimum absolute atomic E-state index is 0.0875. The van der Waals surface area contributed by atoms with Gasteiger partial charge in [0, 0.05) is 24.7 Å². The number of Topliss-reactive ketones (excluding diaryl/α,β-unsaturated/α-hetero) is 1. The third-order valence-corrected chi connectivity index (χ3v) is 3.01. The summed E-state index contributed by atoms with van der Waals surface area (Å²) in [6.07, 6.45) is 1.64. The van der Waals surface area contributed by atoms with E-state index in [0.717, 1.165) is 11.3 Å². The lowest BCUT2D eigenvalue weighted by molar-refractivity contribution is -0.118. The van der Waals surface area contributed by atoms with E-state index in [1.165, 1.54) is 0 Å². The number of benzene rings is 1. The number of anilines is 1. The largest absolute Gasteiger partial charge is 0.315 e. The fourth-order valence-electron chi connectivity index (χ4n) is 2.02. The molecule has 0 saturated heterocycles. The van der Waals surface area contributed by atoms with Gasteiger partial charge in [-0.15, -0.1) is 0 Å². The summed E-state index contributed by atoms with van der Waals surface area (Å²) in [5.74, 6) is -0.0909. The molecule has 0 spiro atoms. The molecule has 0 atom stereocenters. The number of ketones is 1. The van der Waals surface area contributed by atoms with E-state index in [-0.39, 0.29) is 18.1 Å². The number of carbonyl (C=O) groups is 3. The molecule has 0 saturated carbocycles. The SMILES string of the molecule is CN1C(=O)CCc2cc(C(=O)CC=O)ccc21. The number of hydrogen-bond donors (Lipinski definition) is 0. The summed E-state index contributed by atoms with van der Waals surface area (Å²) >= 11 is 0. The molecule has 1 aromatic carbocycles. The zero-order valence-corrected chi connectivity index (χ0v) is 9.60. The molecule has 2 rings (SSSR count). The van der Waals surface area contributed by atoms with Gasteiger partial charge in [0.05, 0.1) is 6.42 Å². The van der Waals surface area contributed by atoms with E-state index in [1.54, 1.807) is 30.1 Å². The first-order valence-electron chi connectivity index (χ1n) is 5.50. The fraction of sp³-hybridized carbons (Fsp3) is 0.308. The summed E-state index contributed by atoms with van der Waals surface area (Å²) in [5, 5.41) is 0. The van der Waals surface area contributed by atoms with Crippen LogP contribution < -0.4 is 4.90 Å². The molecule has 1 heterocycles. The summed E-state index contributed by atoms with van der Waals surface area (Å²) in [6, 6.07) is 5.22. The molecule has 0 bridgehead atoms. The van der Waals surface area contributed by atoms with Crippen LogP contribution in [0.4, 0.5) is 5.69 Å². The quantitative estimate of drug-likeness (QED) is 0.448. The van der Waals surface area contributed by atoms with Crippen molar-refractivity contribution in [3.8, 4) is 0 Å². The second kappa shape index (κ2) is 4.49. The molecule has 1 aliphatic heterocycles. The Morgan fingerprint density at radius 3 is 2.88 bits per heavy atom. The summed E-state index contributed by atoms with van der Waals surface area (Å²) < 4.78 is 0. The van der Waals surface area contributed by atoms with Gasteiger partial charge in [-0.25, -0.2) is 0 Å². The van der Waals surface area contributed by atoms with Crippen molar-refractivity contribution in [1.82, 2.24) is 0 Å². The molecule has 0 radical (unpaired) electrons. The van der Waals surface area contributed by atoms with E-state index < -0.39 is 0 Å². The fourth-order valence-corrected chi connectivity index (χ4v) is 2.02. The van der Waals surface area contributed by atoms with Crippen LogP contribution in [0, 0.1) is 0 Å². The minimum Gasteiger partial charge on any atom is -0.315 e. The lowest BCUT2D eigenvalue weighted by atomic mass is 9.97. The molecule has 0 N–H and O–H groups in total. The van der Waals surface area contributed by atoms with Crippen molar-refractivity contribution in [2.45, 2.75) is 19.3 Å². The molecule has 0 aromatic heterocycles. The van der Waals surface area contributed by atoms with E-state index in [9.17, 15) is 14.4 Å². The number of amides is 1. The van der Waals surface area contributed by atoms with E-state index in [0.29, 0.717) is 24.7 Å². The lowest BCUT2D eigenvalue weighted by Crippen LogP contribution is -2.31. The molecule has 0 aliphatic carbocycles. The van der Waals surface area contributed by atoms with E-state index in [4.69, 9.17) is 0 Å². The van der Waals surface area contributed by atoms with Gasteiger partial charge < -0.3 is 9.69 Å². The van der Waals surface area contributed by atoms with E-state index in [1.807, 2.05) is 0 Å². The van der Waals surface area contributed by atoms with Gasteiger partial charge in [-0.05, 0) is 30.2 Å². The van der Waals surface area contributed by atoms with Gasteiger partial charge in [0.2, 0.25) is 5.91 Å². The van der Waals surface area contributed by atoms with Crippen molar-refractivity contribution < 1.29 is 14.4 Å². The molecule has 0 fully saturated rings. The van der Waals surface area contributed by atoms with Crippen LogP contribution in [0.1, 0.15) is 28.8 Å². The topological polar surface area (TPSA) is 54.5 Å². The van der Waals surface area contributed by atoms with Crippen LogP contribution in [-0.4, -0.2) is 25.0 Å². The van der Waals surface area contributed by atoms with Crippen LogP contribution in [0.15, 0.2) is 18.2 Å². The normalized spacial score (nSPS) is 14.4. The number of carbonyl (C=O) groups excluding carboxylic acids is 3. The maximum atomic E-state index is 11.6. The predicted octanol–water partition coefficient (Wildman–Crippen LogP) is 1.37. The Bertz CT molecular complexity index is 493. The van der Waals surface area contributed by atoms with E-state index >= 15 is 0 Å². The lowest BCUT2D eigenvalue weighted by Gasteiger charge is -2.25. The Hall–Kier alpha value is -1.97. The number of nitrogens with zero attached hydrogens (tertiary/aromatic N) is 1. The Morgan fingerprint density at radius 2 is 2.18 bits per heavy atom. The zero-order chi connectivity index (χ0) is 12.4. The summed E-state index contributed by atoms with van der Waals surface area (Å²) in [6.45, 7) is 0. The van der Waals surface area contributed by atoms with Crippen molar-refractivity contribution in [3.63, 3.8) is 0 Å². The standard InChI is InChI=1S/C13H13NO3/c1-14-11-4-2-10(12(16)6-7-15)8-9(11)3-5-13(14)17/h2,4,7-8H,3,5-6H2,1H3. The molecule has 4 heteroatoms. The Morgan fingerprint density at radius 1 is 1.41 bits per heavy atom. The van der Waals surface area contributed by atoms with Crippen LogP contribution in [0.25, 0.3) is 0 Å². The van der Waals surface area contributed by atoms with Crippen LogP contribution >= 0.6 is 0 Å². The predicted molar refractivity (Wildman–Crippen MR) is 63.2 cm³/mol. The number of hydrogen-bond acceptors (Lipinski definition) is 3. The van der Waals surface area contributed by atoms with Crippen LogP contribution in [0.3, 0.4) is 0 Å². The molecular weight excluding hydrogens is 218 g/mol. The highest BCUT2D eigenvalue weighted by atomic mass is 16.2. The Kier molecular flexibility index (Phi) is 3.04.